The van der Waals surface area contributed by atoms with Crippen molar-refractivity contribution in [3.8, 4) is 0 Å². The van der Waals surface area contributed by atoms with Crippen LogP contribution in [0.3, 0.4) is 0 Å². The van der Waals surface area contributed by atoms with E-state index in [2.05, 4.69) is 23.8 Å². The van der Waals surface area contributed by atoms with Gasteiger partial charge in [0.1, 0.15) is 11.6 Å². The Kier molecular flexibility index (Phi) is 3.97. The predicted molar refractivity (Wildman–Crippen MR) is 70.8 cm³/mol. The Bertz CT molecular complexity index is 376. The van der Waals surface area contributed by atoms with Gasteiger partial charge in [-0.3, -0.25) is 0 Å². The number of rotatable bonds is 3. The Balaban J connectivity index is 2.18. The average Bonchev–Trinajstić information content (AvgIpc) is 2.38. The van der Waals surface area contributed by atoms with Crippen LogP contribution in [-0.2, 0) is 6.42 Å². The molecule has 3 heteroatoms. The lowest BCUT2D eigenvalue weighted by Crippen LogP contribution is -2.17. The SMILES string of the molecule is CCc1cc(N)nc(C2CCCC(CC)C2)n1. The predicted octanol–water partition coefficient (Wildman–Crippen LogP) is 3.31. The zero-order chi connectivity index (χ0) is 12.3. The normalized spacial score (nSPS) is 24.8. The Hall–Kier alpha value is -1.12. The molecule has 1 aromatic heterocycles. The van der Waals surface area contributed by atoms with Crippen LogP contribution < -0.4 is 5.73 Å². The van der Waals surface area contributed by atoms with Crippen molar-refractivity contribution in [2.75, 3.05) is 5.73 Å². The molecular weight excluding hydrogens is 210 g/mol. The molecule has 1 heterocycles. The third-order valence-electron chi connectivity index (χ3n) is 3.90. The quantitative estimate of drug-likeness (QED) is 0.871. The van der Waals surface area contributed by atoms with E-state index in [1.165, 1.54) is 32.1 Å². The highest BCUT2D eigenvalue weighted by molar-refractivity contribution is 5.30. The lowest BCUT2D eigenvalue weighted by Gasteiger charge is -2.27. The Morgan fingerprint density at radius 1 is 1.29 bits per heavy atom. The summed E-state index contributed by atoms with van der Waals surface area (Å²) in [5.74, 6) is 3.00. The van der Waals surface area contributed by atoms with Crippen LogP contribution in [0.25, 0.3) is 0 Å². The lowest BCUT2D eigenvalue weighted by molar-refractivity contribution is 0.307. The van der Waals surface area contributed by atoms with Gasteiger partial charge in [0.25, 0.3) is 0 Å². The van der Waals surface area contributed by atoms with Crippen LogP contribution in [0.1, 0.15) is 63.4 Å². The summed E-state index contributed by atoms with van der Waals surface area (Å²) in [7, 11) is 0. The molecule has 0 aromatic carbocycles. The largest absolute Gasteiger partial charge is 0.384 e. The van der Waals surface area contributed by atoms with Crippen LogP contribution in [0.15, 0.2) is 6.07 Å². The van der Waals surface area contributed by atoms with Crippen molar-refractivity contribution >= 4 is 5.82 Å². The number of hydrogen-bond donors (Lipinski definition) is 1. The number of nitrogens with zero attached hydrogens (tertiary/aromatic N) is 2. The maximum absolute atomic E-state index is 5.86. The van der Waals surface area contributed by atoms with Gasteiger partial charge < -0.3 is 5.73 Å². The van der Waals surface area contributed by atoms with Gasteiger partial charge in [-0.25, -0.2) is 9.97 Å². The summed E-state index contributed by atoms with van der Waals surface area (Å²) in [6, 6.07) is 1.89. The Morgan fingerprint density at radius 2 is 2.12 bits per heavy atom. The molecule has 0 saturated heterocycles. The molecule has 2 unspecified atom stereocenters. The molecule has 0 amide bonds. The minimum atomic E-state index is 0.530. The highest BCUT2D eigenvalue weighted by atomic mass is 15.0. The fourth-order valence-electron chi connectivity index (χ4n) is 2.80. The molecule has 0 spiro atoms. The van der Waals surface area contributed by atoms with E-state index in [1.807, 2.05) is 6.07 Å². The highest BCUT2D eigenvalue weighted by Gasteiger charge is 2.24. The summed E-state index contributed by atoms with van der Waals surface area (Å²) in [5.41, 5.74) is 6.93. The van der Waals surface area contributed by atoms with Crippen molar-refractivity contribution in [3.05, 3.63) is 17.6 Å². The number of nitrogens with two attached hydrogens (primary N) is 1. The van der Waals surface area contributed by atoms with Crippen molar-refractivity contribution in [2.24, 2.45) is 5.92 Å². The van der Waals surface area contributed by atoms with Crippen LogP contribution in [-0.4, -0.2) is 9.97 Å². The van der Waals surface area contributed by atoms with Crippen LogP contribution in [0.4, 0.5) is 5.82 Å². The molecule has 1 aromatic rings. The second-order valence-electron chi connectivity index (χ2n) is 5.13. The van der Waals surface area contributed by atoms with Gasteiger partial charge in [0.05, 0.1) is 0 Å². The number of hydrogen-bond acceptors (Lipinski definition) is 3. The maximum Gasteiger partial charge on any atom is 0.134 e. The molecule has 2 atom stereocenters. The summed E-state index contributed by atoms with van der Waals surface area (Å²) < 4.78 is 0. The Morgan fingerprint density at radius 3 is 2.82 bits per heavy atom. The van der Waals surface area contributed by atoms with E-state index in [-0.39, 0.29) is 0 Å². The van der Waals surface area contributed by atoms with Gasteiger partial charge in [0, 0.05) is 17.7 Å². The van der Waals surface area contributed by atoms with Gasteiger partial charge in [0.15, 0.2) is 0 Å². The third kappa shape index (κ3) is 2.96. The molecule has 0 bridgehead atoms. The van der Waals surface area contributed by atoms with Crippen molar-refractivity contribution in [3.63, 3.8) is 0 Å². The first-order chi connectivity index (χ1) is 8.22. The van der Waals surface area contributed by atoms with E-state index in [1.54, 1.807) is 0 Å². The molecule has 1 fully saturated rings. The summed E-state index contributed by atoms with van der Waals surface area (Å²) in [6.45, 7) is 4.39. The second kappa shape index (κ2) is 5.48. The van der Waals surface area contributed by atoms with Crippen LogP contribution in [0.2, 0.25) is 0 Å². The molecule has 0 radical (unpaired) electrons. The van der Waals surface area contributed by atoms with Gasteiger partial charge in [-0.15, -0.1) is 0 Å². The average molecular weight is 233 g/mol. The van der Waals surface area contributed by atoms with Crippen LogP contribution in [0.5, 0.6) is 0 Å². The lowest BCUT2D eigenvalue weighted by atomic mass is 9.80. The first-order valence-electron chi connectivity index (χ1n) is 6.86. The van der Waals surface area contributed by atoms with Crippen molar-refractivity contribution in [1.82, 2.24) is 9.97 Å². The Labute approximate surface area is 104 Å². The second-order valence-corrected chi connectivity index (χ2v) is 5.13. The smallest absolute Gasteiger partial charge is 0.134 e. The number of anilines is 1. The van der Waals surface area contributed by atoms with Gasteiger partial charge in [-0.05, 0) is 25.2 Å². The fraction of sp³-hybridized carbons (Fsp3) is 0.714. The van der Waals surface area contributed by atoms with Gasteiger partial charge in [-0.1, -0.05) is 33.1 Å². The van der Waals surface area contributed by atoms with Crippen LogP contribution >= 0.6 is 0 Å². The maximum atomic E-state index is 5.86. The molecule has 1 aliphatic carbocycles. The van der Waals surface area contributed by atoms with Crippen LogP contribution in [0, 0.1) is 5.92 Å². The molecular formula is C14H23N3. The molecule has 1 saturated carbocycles. The molecule has 2 N–H and O–H groups in total. The van der Waals surface area contributed by atoms with E-state index in [9.17, 15) is 0 Å². The van der Waals surface area contributed by atoms with Gasteiger partial charge in [0.2, 0.25) is 0 Å². The van der Waals surface area contributed by atoms with Crippen molar-refractivity contribution in [2.45, 2.75) is 58.3 Å². The van der Waals surface area contributed by atoms with E-state index >= 15 is 0 Å². The number of nitrogen functional groups attached to an aromatic ring is 1. The monoisotopic (exact) mass is 233 g/mol. The van der Waals surface area contributed by atoms with E-state index < -0.39 is 0 Å². The zero-order valence-electron chi connectivity index (χ0n) is 10.9. The minimum Gasteiger partial charge on any atom is -0.384 e. The van der Waals surface area contributed by atoms with E-state index in [0.29, 0.717) is 11.7 Å². The summed E-state index contributed by atoms with van der Waals surface area (Å²) in [4.78, 5) is 9.09. The van der Waals surface area contributed by atoms with E-state index in [0.717, 1.165) is 23.9 Å². The number of aryl methyl sites for hydroxylation is 1. The topological polar surface area (TPSA) is 51.8 Å². The third-order valence-corrected chi connectivity index (χ3v) is 3.90. The molecule has 1 aliphatic rings. The minimum absolute atomic E-state index is 0.530. The molecule has 94 valence electrons. The van der Waals surface area contributed by atoms with Crippen molar-refractivity contribution in [1.29, 1.82) is 0 Å². The molecule has 17 heavy (non-hydrogen) atoms. The molecule has 0 aliphatic heterocycles. The summed E-state index contributed by atoms with van der Waals surface area (Å²) >= 11 is 0. The first-order valence-corrected chi connectivity index (χ1v) is 6.86. The summed E-state index contributed by atoms with van der Waals surface area (Å²) in [5, 5.41) is 0. The molecule has 3 nitrogen and oxygen atoms in total. The number of aromatic nitrogens is 2. The first kappa shape index (κ1) is 12.3. The van der Waals surface area contributed by atoms with Gasteiger partial charge in [-0.2, -0.15) is 0 Å². The molecule has 2 rings (SSSR count). The van der Waals surface area contributed by atoms with Gasteiger partial charge >= 0.3 is 0 Å². The fourth-order valence-corrected chi connectivity index (χ4v) is 2.80. The van der Waals surface area contributed by atoms with E-state index in [4.69, 9.17) is 5.73 Å². The zero-order valence-corrected chi connectivity index (χ0v) is 10.9. The highest BCUT2D eigenvalue weighted by Crippen LogP contribution is 2.36. The van der Waals surface area contributed by atoms with Crippen molar-refractivity contribution < 1.29 is 0 Å². The summed E-state index contributed by atoms with van der Waals surface area (Å²) in [6.07, 6.45) is 7.36. The standard InChI is InChI=1S/C14H23N3/c1-3-10-6-5-7-11(8-10)14-16-12(4-2)9-13(15)17-14/h9-11H,3-8H2,1-2H3,(H2,15,16,17).